The summed E-state index contributed by atoms with van der Waals surface area (Å²) in [6.07, 6.45) is 0. The lowest BCUT2D eigenvalue weighted by Crippen LogP contribution is -2.29. The number of aromatic amines is 1. The number of nitrogens with one attached hydrogen (secondary N) is 1. The molecule has 0 fully saturated rings. The molecule has 1 aromatic carbocycles. The molecule has 3 rings (SSSR count). The van der Waals surface area contributed by atoms with Crippen LogP contribution >= 0.6 is 11.6 Å². The predicted molar refractivity (Wildman–Crippen MR) is 80.6 cm³/mol. The van der Waals surface area contributed by atoms with Crippen LogP contribution in [0.25, 0.3) is 22.4 Å². The van der Waals surface area contributed by atoms with Gasteiger partial charge in [0.1, 0.15) is 5.69 Å². The number of rotatable bonds is 1. The average molecular weight is 314 g/mol. The minimum Gasteiger partial charge on any atom is -0.279 e. The van der Waals surface area contributed by atoms with Crippen molar-refractivity contribution in [2.45, 2.75) is 0 Å². The smallest absolute Gasteiger partial charge is 0.279 e. The maximum atomic E-state index is 11.9. The number of benzene rings is 1. The summed E-state index contributed by atoms with van der Waals surface area (Å²) in [4.78, 5) is 33.9. The highest BCUT2D eigenvalue weighted by Gasteiger charge is 2.14. The molecule has 7 nitrogen and oxygen atoms in total. The Balaban J connectivity index is 2.32. The van der Waals surface area contributed by atoms with Crippen LogP contribution < -0.4 is 11.2 Å². The van der Waals surface area contributed by atoms with E-state index in [0.29, 0.717) is 16.8 Å². The van der Waals surface area contributed by atoms with E-state index < -0.39 is 11.2 Å². The Morgan fingerprint density at radius 2 is 1.91 bits per heavy atom. The van der Waals surface area contributed by atoms with E-state index in [1.54, 1.807) is 24.3 Å². The second-order valence-corrected chi connectivity index (χ2v) is 4.90. The summed E-state index contributed by atoms with van der Waals surface area (Å²) in [7, 11) is 1.47. The summed E-state index contributed by atoms with van der Waals surface area (Å²) in [5.74, 6) is 0. The van der Waals surface area contributed by atoms with Crippen molar-refractivity contribution in [1.82, 2.24) is 19.5 Å². The van der Waals surface area contributed by atoms with Gasteiger partial charge in [0.05, 0.1) is 11.6 Å². The molecule has 2 aromatic heterocycles. The second-order valence-electron chi connectivity index (χ2n) is 4.54. The first-order valence-electron chi connectivity index (χ1n) is 6.18. The van der Waals surface area contributed by atoms with Gasteiger partial charge in [-0.2, -0.15) is 5.26 Å². The molecular formula is C14H8ClN5O2. The molecule has 108 valence electrons. The number of hydrogen-bond acceptors (Lipinski definition) is 5. The molecule has 0 atom stereocenters. The summed E-state index contributed by atoms with van der Waals surface area (Å²) < 4.78 is 1.16. The summed E-state index contributed by atoms with van der Waals surface area (Å²) >= 11 is 6.12. The SMILES string of the molecule is Cn1c(=O)[nH]c(=O)c2nc(-c3ccc(C#N)cc3)c(Cl)nc21. The lowest BCUT2D eigenvalue weighted by molar-refractivity contribution is 0.824. The van der Waals surface area contributed by atoms with Crippen molar-refractivity contribution in [2.75, 3.05) is 0 Å². The first-order chi connectivity index (χ1) is 10.5. The van der Waals surface area contributed by atoms with Crippen molar-refractivity contribution in [3.8, 4) is 17.3 Å². The molecule has 8 heteroatoms. The summed E-state index contributed by atoms with van der Waals surface area (Å²) in [5.41, 5.74) is 0.330. The average Bonchev–Trinajstić information content (AvgIpc) is 2.52. The summed E-state index contributed by atoms with van der Waals surface area (Å²) in [6, 6.07) is 8.56. The van der Waals surface area contributed by atoms with Crippen molar-refractivity contribution in [3.05, 3.63) is 55.8 Å². The van der Waals surface area contributed by atoms with E-state index in [2.05, 4.69) is 15.0 Å². The van der Waals surface area contributed by atoms with Gasteiger partial charge in [0.25, 0.3) is 5.56 Å². The monoisotopic (exact) mass is 313 g/mol. The molecule has 3 aromatic rings. The number of halogens is 1. The predicted octanol–water partition coefficient (Wildman–Crippen LogP) is 1.21. The van der Waals surface area contributed by atoms with E-state index in [-0.39, 0.29) is 16.3 Å². The largest absolute Gasteiger partial charge is 0.329 e. The van der Waals surface area contributed by atoms with E-state index in [1.165, 1.54) is 7.05 Å². The van der Waals surface area contributed by atoms with Crippen LogP contribution in [0.2, 0.25) is 5.15 Å². The van der Waals surface area contributed by atoms with Crippen molar-refractivity contribution < 1.29 is 0 Å². The van der Waals surface area contributed by atoms with Crippen LogP contribution in [-0.4, -0.2) is 19.5 Å². The molecule has 1 N–H and O–H groups in total. The van der Waals surface area contributed by atoms with Crippen molar-refractivity contribution in [1.29, 1.82) is 5.26 Å². The normalized spacial score (nSPS) is 10.6. The van der Waals surface area contributed by atoms with Gasteiger partial charge < -0.3 is 0 Å². The Kier molecular flexibility index (Phi) is 3.23. The summed E-state index contributed by atoms with van der Waals surface area (Å²) in [5, 5.41) is 8.87. The third-order valence-electron chi connectivity index (χ3n) is 3.18. The van der Waals surface area contributed by atoms with Crippen LogP contribution in [0.5, 0.6) is 0 Å². The third kappa shape index (κ3) is 2.16. The first kappa shape index (κ1) is 14.0. The quantitative estimate of drug-likeness (QED) is 0.727. The second kappa shape index (κ2) is 5.09. The fraction of sp³-hybridized carbons (Fsp3) is 0.0714. The lowest BCUT2D eigenvalue weighted by Gasteiger charge is -2.07. The van der Waals surface area contributed by atoms with E-state index in [1.807, 2.05) is 6.07 Å². The molecule has 0 bridgehead atoms. The molecule has 0 unspecified atom stereocenters. The highest BCUT2D eigenvalue weighted by atomic mass is 35.5. The number of aromatic nitrogens is 4. The van der Waals surface area contributed by atoms with Crippen molar-refractivity contribution in [3.63, 3.8) is 0 Å². The molecule has 0 spiro atoms. The number of nitriles is 1. The Morgan fingerprint density at radius 3 is 2.55 bits per heavy atom. The standard InChI is InChI=1S/C14H8ClN5O2/c1-20-12-10(13(21)19-14(20)22)17-9(11(15)18-12)8-4-2-7(6-16)3-5-8/h2-5H,1H3,(H,19,21,22). The van der Waals surface area contributed by atoms with Gasteiger partial charge in [-0.1, -0.05) is 23.7 Å². The van der Waals surface area contributed by atoms with Gasteiger partial charge in [0.15, 0.2) is 16.3 Å². The Hall–Kier alpha value is -2.98. The first-order valence-corrected chi connectivity index (χ1v) is 6.56. The van der Waals surface area contributed by atoms with Gasteiger partial charge in [-0.15, -0.1) is 0 Å². The van der Waals surface area contributed by atoms with Gasteiger partial charge in [-0.05, 0) is 12.1 Å². The lowest BCUT2D eigenvalue weighted by atomic mass is 10.1. The van der Waals surface area contributed by atoms with Crippen molar-refractivity contribution >= 4 is 22.8 Å². The van der Waals surface area contributed by atoms with Crippen LogP contribution in [0.3, 0.4) is 0 Å². The zero-order chi connectivity index (χ0) is 15.9. The van der Waals surface area contributed by atoms with Crippen LogP contribution in [0.15, 0.2) is 33.9 Å². The van der Waals surface area contributed by atoms with Crippen LogP contribution in [0, 0.1) is 11.3 Å². The molecule has 0 saturated heterocycles. The molecule has 0 aliphatic rings. The molecule has 0 amide bonds. The van der Waals surface area contributed by atoms with Gasteiger partial charge >= 0.3 is 5.69 Å². The van der Waals surface area contributed by atoms with Gasteiger partial charge in [-0.3, -0.25) is 14.3 Å². The van der Waals surface area contributed by atoms with Gasteiger partial charge in [0, 0.05) is 12.6 Å². The fourth-order valence-electron chi connectivity index (χ4n) is 2.02. The zero-order valence-corrected chi connectivity index (χ0v) is 12.0. The molecule has 22 heavy (non-hydrogen) atoms. The van der Waals surface area contributed by atoms with E-state index >= 15 is 0 Å². The van der Waals surface area contributed by atoms with Crippen LogP contribution in [0.4, 0.5) is 0 Å². The molecule has 2 heterocycles. The topological polar surface area (TPSA) is 104 Å². The van der Waals surface area contributed by atoms with Crippen molar-refractivity contribution in [2.24, 2.45) is 7.05 Å². The third-order valence-corrected chi connectivity index (χ3v) is 3.44. The van der Waals surface area contributed by atoms with Crippen LogP contribution in [-0.2, 0) is 7.05 Å². The number of fused-ring (bicyclic) bond motifs is 1. The highest BCUT2D eigenvalue weighted by molar-refractivity contribution is 6.32. The van der Waals surface area contributed by atoms with Gasteiger partial charge in [0.2, 0.25) is 0 Å². The minimum atomic E-state index is -0.628. The maximum Gasteiger partial charge on any atom is 0.329 e. The van der Waals surface area contributed by atoms with E-state index in [4.69, 9.17) is 16.9 Å². The molecular weight excluding hydrogens is 306 g/mol. The number of H-pyrrole nitrogens is 1. The number of hydrogen-bond donors (Lipinski definition) is 1. The fourth-order valence-corrected chi connectivity index (χ4v) is 2.25. The Morgan fingerprint density at radius 1 is 1.23 bits per heavy atom. The molecule has 0 saturated carbocycles. The molecule has 0 aliphatic heterocycles. The van der Waals surface area contributed by atoms with Gasteiger partial charge in [-0.25, -0.2) is 14.8 Å². The van der Waals surface area contributed by atoms with E-state index in [0.717, 1.165) is 4.57 Å². The minimum absolute atomic E-state index is 0.0193. The number of aryl methyl sites for hydroxylation is 1. The highest BCUT2D eigenvalue weighted by Crippen LogP contribution is 2.25. The van der Waals surface area contributed by atoms with E-state index in [9.17, 15) is 9.59 Å². The zero-order valence-electron chi connectivity index (χ0n) is 11.3. The molecule has 0 radical (unpaired) electrons. The number of nitrogens with zero attached hydrogens (tertiary/aromatic N) is 4. The van der Waals surface area contributed by atoms with Crippen LogP contribution in [0.1, 0.15) is 5.56 Å². The summed E-state index contributed by atoms with van der Waals surface area (Å²) in [6.45, 7) is 0. The Labute approximate surface area is 128 Å². The molecule has 0 aliphatic carbocycles. The Bertz CT molecular complexity index is 1040. The maximum absolute atomic E-state index is 11.9.